The predicted octanol–water partition coefficient (Wildman–Crippen LogP) is 3.31. The van der Waals surface area contributed by atoms with E-state index in [1.54, 1.807) is 47.8 Å². The molecule has 1 aromatic heterocycles. The van der Waals surface area contributed by atoms with Crippen molar-refractivity contribution in [2.45, 2.75) is 10.6 Å². The summed E-state index contributed by atoms with van der Waals surface area (Å²) < 4.78 is 31.8. The zero-order valence-corrected chi connectivity index (χ0v) is 17.8. The van der Waals surface area contributed by atoms with Crippen molar-refractivity contribution >= 4 is 38.9 Å². The largest absolute Gasteiger partial charge is 0.465 e. The van der Waals surface area contributed by atoms with E-state index in [2.05, 4.69) is 14.8 Å². The molecule has 1 amide bonds. The highest BCUT2D eigenvalue weighted by Crippen LogP contribution is 2.20. The SMILES string of the molecule is COC(=O)c1ccc(CCNC(=O)c2ccc(NS(=O)(=O)c3cccs3)cc2)cc1. The van der Waals surface area contributed by atoms with Gasteiger partial charge in [-0.3, -0.25) is 9.52 Å². The van der Waals surface area contributed by atoms with Gasteiger partial charge in [0.15, 0.2) is 0 Å². The highest BCUT2D eigenvalue weighted by Gasteiger charge is 2.15. The molecule has 7 nitrogen and oxygen atoms in total. The van der Waals surface area contributed by atoms with E-state index >= 15 is 0 Å². The minimum Gasteiger partial charge on any atom is -0.465 e. The normalized spacial score (nSPS) is 11.0. The van der Waals surface area contributed by atoms with Crippen molar-refractivity contribution in [1.29, 1.82) is 0 Å². The van der Waals surface area contributed by atoms with Crippen LogP contribution in [0.2, 0.25) is 0 Å². The second-order valence-electron chi connectivity index (χ2n) is 6.31. The van der Waals surface area contributed by atoms with Crippen molar-refractivity contribution in [2.24, 2.45) is 0 Å². The Hall–Kier alpha value is -3.17. The number of carbonyl (C=O) groups excluding carboxylic acids is 2. The molecule has 0 unspecified atom stereocenters. The number of rotatable bonds is 8. The topological polar surface area (TPSA) is 102 Å². The van der Waals surface area contributed by atoms with Crippen molar-refractivity contribution in [2.75, 3.05) is 18.4 Å². The van der Waals surface area contributed by atoms with Gasteiger partial charge >= 0.3 is 5.97 Å². The fraction of sp³-hybridized carbons (Fsp3) is 0.143. The number of ether oxygens (including phenoxy) is 1. The quantitative estimate of drug-likeness (QED) is 0.519. The molecule has 0 aliphatic heterocycles. The maximum Gasteiger partial charge on any atom is 0.337 e. The summed E-state index contributed by atoms with van der Waals surface area (Å²) in [7, 11) is -2.29. The van der Waals surface area contributed by atoms with Crippen LogP contribution in [-0.4, -0.2) is 33.9 Å². The molecular weight excluding hydrogens is 424 g/mol. The number of carbonyl (C=O) groups is 2. The van der Waals surface area contributed by atoms with Gasteiger partial charge in [-0.15, -0.1) is 11.3 Å². The molecule has 30 heavy (non-hydrogen) atoms. The number of anilines is 1. The number of methoxy groups -OCH3 is 1. The second kappa shape index (κ2) is 9.55. The molecule has 2 aromatic carbocycles. The average molecular weight is 445 g/mol. The molecule has 3 rings (SSSR count). The molecule has 156 valence electrons. The maximum absolute atomic E-state index is 12.3. The molecule has 2 N–H and O–H groups in total. The van der Waals surface area contributed by atoms with Gasteiger partial charge in [0.25, 0.3) is 15.9 Å². The fourth-order valence-corrected chi connectivity index (χ4v) is 4.71. The standard InChI is InChI=1S/C21H20N2O5S2/c1-28-21(25)17-6-4-15(5-7-17)12-13-22-20(24)16-8-10-18(11-9-16)23-30(26,27)19-3-2-14-29-19/h2-11,14,23H,12-13H2,1H3,(H,22,24). The van der Waals surface area contributed by atoms with Crippen LogP contribution in [0.5, 0.6) is 0 Å². The van der Waals surface area contributed by atoms with Crippen LogP contribution in [0.3, 0.4) is 0 Å². The minimum absolute atomic E-state index is 0.226. The van der Waals surface area contributed by atoms with E-state index in [0.29, 0.717) is 29.8 Å². The summed E-state index contributed by atoms with van der Waals surface area (Å²) in [6.07, 6.45) is 0.603. The zero-order valence-electron chi connectivity index (χ0n) is 16.1. The third-order valence-electron chi connectivity index (χ3n) is 4.23. The predicted molar refractivity (Wildman–Crippen MR) is 115 cm³/mol. The van der Waals surface area contributed by atoms with Gasteiger partial charge in [-0.1, -0.05) is 18.2 Å². The Morgan fingerprint density at radius 2 is 1.63 bits per heavy atom. The molecule has 0 saturated heterocycles. The number of thiophene rings is 1. The van der Waals surface area contributed by atoms with Crippen molar-refractivity contribution in [3.63, 3.8) is 0 Å². The molecule has 0 bridgehead atoms. The lowest BCUT2D eigenvalue weighted by atomic mass is 10.1. The molecule has 0 saturated carbocycles. The van der Waals surface area contributed by atoms with Gasteiger partial charge in [0.05, 0.1) is 12.7 Å². The lowest BCUT2D eigenvalue weighted by Gasteiger charge is -2.08. The first kappa shape index (κ1) is 21.5. The number of sulfonamides is 1. The number of esters is 1. The molecule has 0 radical (unpaired) electrons. The maximum atomic E-state index is 12.3. The molecule has 0 aliphatic rings. The number of benzene rings is 2. The van der Waals surface area contributed by atoms with E-state index in [1.807, 2.05) is 12.1 Å². The van der Waals surface area contributed by atoms with Gasteiger partial charge < -0.3 is 10.1 Å². The van der Waals surface area contributed by atoms with E-state index in [-0.39, 0.29) is 10.1 Å². The van der Waals surface area contributed by atoms with Crippen molar-refractivity contribution < 1.29 is 22.7 Å². The van der Waals surface area contributed by atoms with Crippen LogP contribution >= 0.6 is 11.3 Å². The molecule has 0 atom stereocenters. The van der Waals surface area contributed by atoms with Crippen LogP contribution in [0.25, 0.3) is 0 Å². The Bertz CT molecular complexity index is 1110. The first-order valence-electron chi connectivity index (χ1n) is 9.01. The third-order valence-corrected chi connectivity index (χ3v) is 7.01. The average Bonchev–Trinajstić information content (AvgIpc) is 3.30. The van der Waals surface area contributed by atoms with E-state index in [4.69, 9.17) is 0 Å². The van der Waals surface area contributed by atoms with Gasteiger partial charge in [0.2, 0.25) is 0 Å². The Morgan fingerprint density at radius 1 is 0.967 bits per heavy atom. The van der Waals surface area contributed by atoms with Crippen LogP contribution in [0, 0.1) is 0 Å². The summed E-state index contributed by atoms with van der Waals surface area (Å²) in [5.74, 6) is -0.648. The van der Waals surface area contributed by atoms with Crippen LogP contribution in [0.4, 0.5) is 5.69 Å². The van der Waals surface area contributed by atoms with E-state index < -0.39 is 16.0 Å². The fourth-order valence-electron chi connectivity index (χ4n) is 2.66. The Morgan fingerprint density at radius 3 is 2.23 bits per heavy atom. The zero-order chi connectivity index (χ0) is 21.6. The van der Waals surface area contributed by atoms with Crippen molar-refractivity contribution in [3.05, 3.63) is 82.7 Å². The molecule has 3 aromatic rings. The number of amides is 1. The van der Waals surface area contributed by atoms with Crippen molar-refractivity contribution in [1.82, 2.24) is 5.32 Å². The Labute approximate surface area is 178 Å². The summed E-state index contributed by atoms with van der Waals surface area (Å²) in [5, 5.41) is 4.51. The lowest BCUT2D eigenvalue weighted by molar-refractivity contribution is 0.0600. The highest BCUT2D eigenvalue weighted by molar-refractivity contribution is 7.94. The monoisotopic (exact) mass is 444 g/mol. The van der Waals surface area contributed by atoms with Crippen LogP contribution in [0.15, 0.2) is 70.3 Å². The molecular formula is C21H20N2O5S2. The summed E-state index contributed by atoms with van der Waals surface area (Å²) >= 11 is 1.13. The third kappa shape index (κ3) is 5.46. The van der Waals surface area contributed by atoms with Crippen LogP contribution < -0.4 is 10.0 Å². The lowest BCUT2D eigenvalue weighted by Crippen LogP contribution is -2.25. The Kier molecular flexibility index (Phi) is 6.86. The van der Waals surface area contributed by atoms with Gasteiger partial charge in [0, 0.05) is 17.8 Å². The summed E-state index contributed by atoms with van der Waals surface area (Å²) in [6.45, 7) is 0.420. The summed E-state index contributed by atoms with van der Waals surface area (Å²) in [5.41, 5.74) is 2.25. The molecule has 0 spiro atoms. The van der Waals surface area contributed by atoms with Gasteiger partial charge in [0.1, 0.15) is 4.21 Å². The summed E-state index contributed by atoms with van der Waals surface area (Å²) in [4.78, 5) is 23.7. The van der Waals surface area contributed by atoms with Crippen LogP contribution in [0.1, 0.15) is 26.3 Å². The van der Waals surface area contributed by atoms with E-state index in [1.165, 1.54) is 13.2 Å². The number of hydrogen-bond donors (Lipinski definition) is 2. The molecule has 9 heteroatoms. The first-order chi connectivity index (χ1) is 14.4. The van der Waals surface area contributed by atoms with E-state index in [0.717, 1.165) is 16.9 Å². The Balaban J connectivity index is 1.52. The minimum atomic E-state index is -3.62. The smallest absolute Gasteiger partial charge is 0.337 e. The van der Waals surface area contributed by atoms with E-state index in [9.17, 15) is 18.0 Å². The number of nitrogens with one attached hydrogen (secondary N) is 2. The first-order valence-corrected chi connectivity index (χ1v) is 11.4. The van der Waals surface area contributed by atoms with Gasteiger partial charge in [-0.2, -0.15) is 0 Å². The molecule has 0 aliphatic carbocycles. The highest BCUT2D eigenvalue weighted by atomic mass is 32.2. The van der Waals surface area contributed by atoms with Gasteiger partial charge in [-0.25, -0.2) is 13.2 Å². The van der Waals surface area contributed by atoms with Gasteiger partial charge in [-0.05, 0) is 59.8 Å². The molecule has 0 fully saturated rings. The number of hydrogen-bond acceptors (Lipinski definition) is 6. The van der Waals surface area contributed by atoms with Crippen LogP contribution in [-0.2, 0) is 21.2 Å². The van der Waals surface area contributed by atoms with Crippen molar-refractivity contribution in [3.8, 4) is 0 Å². The second-order valence-corrected chi connectivity index (χ2v) is 9.17. The molecule has 1 heterocycles. The summed E-state index contributed by atoms with van der Waals surface area (Å²) in [6, 6.07) is 16.4.